The summed E-state index contributed by atoms with van der Waals surface area (Å²) in [4.78, 5) is 14.3. The lowest BCUT2D eigenvalue weighted by Crippen LogP contribution is -2.27. The number of aliphatic imine (C=N–C) groups is 1. The van der Waals surface area contributed by atoms with Crippen LogP contribution in [0.2, 0.25) is 0 Å². The van der Waals surface area contributed by atoms with Crippen molar-refractivity contribution in [3.63, 3.8) is 0 Å². The van der Waals surface area contributed by atoms with E-state index in [0.29, 0.717) is 13.0 Å². The van der Waals surface area contributed by atoms with Crippen molar-refractivity contribution in [1.82, 2.24) is 0 Å². The lowest BCUT2D eigenvalue weighted by atomic mass is 10.3. The molecule has 0 aromatic carbocycles. The molecule has 1 rings (SSSR count). The predicted octanol–water partition coefficient (Wildman–Crippen LogP) is -1.42. The number of guanidine groups is 1. The highest BCUT2D eigenvalue weighted by Gasteiger charge is 2.25. The predicted molar refractivity (Wildman–Crippen MR) is 35.2 cm³/mol. The zero-order valence-corrected chi connectivity index (χ0v) is 5.41. The van der Waals surface area contributed by atoms with E-state index < -0.39 is 6.04 Å². The molecule has 0 amide bonds. The molecular weight excluding hydrogens is 134 g/mol. The van der Waals surface area contributed by atoms with Gasteiger partial charge in [-0.15, -0.1) is 0 Å². The van der Waals surface area contributed by atoms with E-state index in [0.717, 1.165) is 0 Å². The van der Waals surface area contributed by atoms with Crippen LogP contribution in [-0.2, 0) is 9.53 Å². The number of hydrogen-bond acceptors (Lipinski definition) is 3. The second-order valence-corrected chi connectivity index (χ2v) is 2.03. The van der Waals surface area contributed by atoms with E-state index >= 15 is 0 Å². The van der Waals surface area contributed by atoms with Gasteiger partial charge in [-0.25, -0.2) is 9.79 Å². The molecule has 1 saturated heterocycles. The fraction of sp³-hybridized carbons (Fsp3) is 0.600. The maximum absolute atomic E-state index is 10.7. The Bertz CT molecular complexity index is 174. The molecule has 0 saturated carbocycles. The molecule has 1 fully saturated rings. The SMILES string of the molecule is NC(N)=NC1CCOC1=O. The van der Waals surface area contributed by atoms with Gasteiger partial charge in [0.1, 0.15) is 0 Å². The number of ether oxygens (including phenoxy) is 1. The highest BCUT2D eigenvalue weighted by molar-refractivity contribution is 5.83. The first-order valence-electron chi connectivity index (χ1n) is 2.95. The monoisotopic (exact) mass is 143 g/mol. The van der Waals surface area contributed by atoms with Crippen LogP contribution in [0.25, 0.3) is 0 Å². The standard InChI is InChI=1S/C5H9N3O2/c6-5(7)8-3-1-2-10-4(3)9/h3H,1-2H2,(H4,6,7,8). The molecule has 5 nitrogen and oxygen atoms in total. The Morgan fingerprint density at radius 2 is 2.40 bits per heavy atom. The van der Waals surface area contributed by atoms with E-state index in [9.17, 15) is 4.79 Å². The number of esters is 1. The van der Waals surface area contributed by atoms with Crippen LogP contribution >= 0.6 is 0 Å². The number of cyclic esters (lactones) is 1. The minimum absolute atomic E-state index is 0.0659. The molecule has 0 spiro atoms. The normalized spacial score (nSPS) is 24.0. The van der Waals surface area contributed by atoms with E-state index in [2.05, 4.69) is 9.73 Å². The minimum atomic E-state index is -0.468. The molecule has 1 unspecified atom stereocenters. The van der Waals surface area contributed by atoms with Crippen molar-refractivity contribution < 1.29 is 9.53 Å². The summed E-state index contributed by atoms with van der Waals surface area (Å²) in [6.45, 7) is 0.417. The van der Waals surface area contributed by atoms with Crippen LogP contribution in [0.3, 0.4) is 0 Å². The van der Waals surface area contributed by atoms with E-state index in [1.54, 1.807) is 0 Å². The van der Waals surface area contributed by atoms with Crippen LogP contribution < -0.4 is 11.5 Å². The fourth-order valence-corrected chi connectivity index (χ4v) is 0.782. The van der Waals surface area contributed by atoms with Gasteiger partial charge in [-0.1, -0.05) is 0 Å². The Morgan fingerprint density at radius 1 is 1.70 bits per heavy atom. The van der Waals surface area contributed by atoms with Crippen LogP contribution in [-0.4, -0.2) is 24.6 Å². The summed E-state index contributed by atoms with van der Waals surface area (Å²) in [7, 11) is 0. The maximum atomic E-state index is 10.7. The van der Waals surface area contributed by atoms with E-state index in [1.165, 1.54) is 0 Å². The van der Waals surface area contributed by atoms with Gasteiger partial charge in [-0.3, -0.25) is 0 Å². The van der Waals surface area contributed by atoms with E-state index in [1.807, 2.05) is 0 Å². The molecule has 10 heavy (non-hydrogen) atoms. The first-order chi connectivity index (χ1) is 4.70. The van der Waals surface area contributed by atoms with Crippen molar-refractivity contribution in [2.24, 2.45) is 16.5 Å². The Labute approximate surface area is 58.0 Å². The van der Waals surface area contributed by atoms with Gasteiger partial charge in [0, 0.05) is 6.42 Å². The van der Waals surface area contributed by atoms with Gasteiger partial charge in [0.25, 0.3) is 0 Å². The number of nitrogens with zero attached hydrogens (tertiary/aromatic N) is 1. The average Bonchev–Trinajstić information content (AvgIpc) is 2.15. The molecule has 5 heteroatoms. The summed E-state index contributed by atoms with van der Waals surface area (Å²) < 4.78 is 4.61. The summed E-state index contributed by atoms with van der Waals surface area (Å²) in [5.41, 5.74) is 10.1. The second-order valence-electron chi connectivity index (χ2n) is 2.03. The van der Waals surface area contributed by atoms with Gasteiger partial charge in [0.15, 0.2) is 12.0 Å². The third-order valence-electron chi connectivity index (χ3n) is 1.21. The molecule has 1 aliphatic heterocycles. The molecular formula is C5H9N3O2. The molecule has 56 valence electrons. The van der Waals surface area contributed by atoms with Gasteiger partial charge >= 0.3 is 5.97 Å². The Morgan fingerprint density at radius 3 is 2.80 bits per heavy atom. The van der Waals surface area contributed by atoms with E-state index in [-0.39, 0.29) is 11.9 Å². The summed E-state index contributed by atoms with van der Waals surface area (Å²) >= 11 is 0. The van der Waals surface area contributed by atoms with Crippen LogP contribution in [0.4, 0.5) is 0 Å². The number of rotatable bonds is 1. The third-order valence-corrected chi connectivity index (χ3v) is 1.21. The third kappa shape index (κ3) is 1.37. The molecule has 1 aliphatic rings. The van der Waals surface area contributed by atoms with Gasteiger partial charge < -0.3 is 16.2 Å². The number of hydrogen-bond donors (Lipinski definition) is 2. The van der Waals surface area contributed by atoms with Crippen molar-refractivity contribution in [2.45, 2.75) is 12.5 Å². The largest absolute Gasteiger partial charge is 0.464 e. The van der Waals surface area contributed by atoms with Crippen molar-refractivity contribution in [2.75, 3.05) is 6.61 Å². The molecule has 0 aromatic rings. The first-order valence-corrected chi connectivity index (χ1v) is 2.95. The summed E-state index contributed by atoms with van der Waals surface area (Å²) in [6, 6.07) is -0.468. The van der Waals surface area contributed by atoms with Crippen molar-refractivity contribution in [3.05, 3.63) is 0 Å². The molecule has 0 radical (unpaired) electrons. The molecule has 0 aromatic heterocycles. The van der Waals surface area contributed by atoms with Gasteiger partial charge in [0.05, 0.1) is 6.61 Å². The smallest absolute Gasteiger partial charge is 0.331 e. The lowest BCUT2D eigenvalue weighted by Gasteiger charge is -1.96. The fourth-order valence-electron chi connectivity index (χ4n) is 0.782. The van der Waals surface area contributed by atoms with Crippen LogP contribution in [0.15, 0.2) is 4.99 Å². The zero-order chi connectivity index (χ0) is 7.56. The highest BCUT2D eigenvalue weighted by Crippen LogP contribution is 2.08. The van der Waals surface area contributed by atoms with Crippen molar-refractivity contribution in [1.29, 1.82) is 0 Å². The van der Waals surface area contributed by atoms with Crippen molar-refractivity contribution in [3.8, 4) is 0 Å². The molecule has 4 N–H and O–H groups in total. The van der Waals surface area contributed by atoms with Crippen LogP contribution in [0, 0.1) is 0 Å². The van der Waals surface area contributed by atoms with Crippen molar-refractivity contribution >= 4 is 11.9 Å². The summed E-state index contributed by atoms with van der Waals surface area (Å²) in [5, 5.41) is 0. The topological polar surface area (TPSA) is 90.7 Å². The molecule has 1 atom stereocenters. The second kappa shape index (κ2) is 2.55. The zero-order valence-electron chi connectivity index (χ0n) is 5.41. The number of carbonyl (C=O) groups excluding carboxylic acids is 1. The van der Waals surface area contributed by atoms with E-state index in [4.69, 9.17) is 11.5 Å². The quantitative estimate of drug-likeness (QED) is 0.267. The number of carbonyl (C=O) groups is 1. The Balaban J connectivity index is 2.56. The number of nitrogens with two attached hydrogens (primary N) is 2. The van der Waals surface area contributed by atoms with Crippen LogP contribution in [0.1, 0.15) is 6.42 Å². The molecule has 0 aliphatic carbocycles. The Kier molecular flexibility index (Phi) is 1.75. The molecule has 0 bridgehead atoms. The highest BCUT2D eigenvalue weighted by atomic mass is 16.5. The Hall–Kier alpha value is -1.26. The summed E-state index contributed by atoms with van der Waals surface area (Å²) in [6.07, 6.45) is 0.580. The average molecular weight is 143 g/mol. The summed E-state index contributed by atoms with van der Waals surface area (Å²) in [5.74, 6) is -0.405. The lowest BCUT2D eigenvalue weighted by molar-refractivity contribution is -0.138. The van der Waals surface area contributed by atoms with Gasteiger partial charge in [-0.2, -0.15) is 0 Å². The first kappa shape index (κ1) is 6.85. The van der Waals surface area contributed by atoms with Gasteiger partial charge in [-0.05, 0) is 0 Å². The minimum Gasteiger partial charge on any atom is -0.464 e. The maximum Gasteiger partial charge on any atom is 0.331 e. The van der Waals surface area contributed by atoms with Crippen LogP contribution in [0.5, 0.6) is 0 Å². The van der Waals surface area contributed by atoms with Gasteiger partial charge in [0.2, 0.25) is 0 Å². The molecule has 1 heterocycles.